The summed E-state index contributed by atoms with van der Waals surface area (Å²) in [5, 5.41) is 0. The van der Waals surface area contributed by atoms with Crippen LogP contribution in [0, 0.1) is 17.7 Å². The molecule has 7 nitrogen and oxygen atoms in total. The second-order valence-corrected chi connectivity index (χ2v) is 9.54. The molecular weight excluding hydrogens is 483 g/mol. The highest BCUT2D eigenvalue weighted by molar-refractivity contribution is 5.93. The SMILES string of the molecule is CC#CC(=O)N1CC[C@@H](c2nc(-c3ccc(Oc4cccc(OC)c4F)cc3)c3cncc(C(C)C)n23)C1. The average Bonchev–Trinajstić information content (AvgIpc) is 3.56. The number of carbonyl (C=O) groups excluding carboxylic acids is 1. The van der Waals surface area contributed by atoms with Crippen LogP contribution in [0.25, 0.3) is 16.8 Å². The Kier molecular flexibility index (Phi) is 7.01. The molecule has 0 aliphatic carbocycles. The van der Waals surface area contributed by atoms with Gasteiger partial charge in [0, 0.05) is 36.5 Å². The normalized spacial score (nSPS) is 15.0. The smallest absolute Gasteiger partial charge is 0.298 e. The van der Waals surface area contributed by atoms with E-state index in [9.17, 15) is 9.18 Å². The van der Waals surface area contributed by atoms with E-state index in [1.165, 1.54) is 7.11 Å². The molecule has 0 spiro atoms. The maximum absolute atomic E-state index is 14.5. The predicted octanol–water partition coefficient (Wildman–Crippen LogP) is 5.80. The summed E-state index contributed by atoms with van der Waals surface area (Å²) in [5.74, 6) is 6.58. The van der Waals surface area contributed by atoms with Crippen LogP contribution in [0.3, 0.4) is 0 Å². The van der Waals surface area contributed by atoms with Crippen molar-refractivity contribution >= 4 is 11.4 Å². The van der Waals surface area contributed by atoms with Crippen molar-refractivity contribution < 1.29 is 18.7 Å². The zero-order valence-corrected chi connectivity index (χ0v) is 21.9. The molecule has 0 radical (unpaired) electrons. The molecule has 1 fully saturated rings. The van der Waals surface area contributed by atoms with E-state index in [1.807, 2.05) is 24.5 Å². The summed E-state index contributed by atoms with van der Waals surface area (Å²) in [6.07, 6.45) is 4.52. The fraction of sp³-hybridized carbons (Fsp3) is 0.300. The quantitative estimate of drug-likeness (QED) is 0.306. The fourth-order valence-corrected chi connectivity index (χ4v) is 4.85. The highest BCUT2D eigenvalue weighted by atomic mass is 19.1. The van der Waals surface area contributed by atoms with E-state index in [4.69, 9.17) is 14.5 Å². The van der Waals surface area contributed by atoms with Gasteiger partial charge in [0.1, 0.15) is 11.6 Å². The van der Waals surface area contributed by atoms with Crippen molar-refractivity contribution in [2.45, 2.75) is 39.0 Å². The summed E-state index contributed by atoms with van der Waals surface area (Å²) in [4.78, 5) is 23.8. The van der Waals surface area contributed by atoms with Crippen molar-refractivity contribution in [3.63, 3.8) is 0 Å². The van der Waals surface area contributed by atoms with E-state index in [-0.39, 0.29) is 29.2 Å². The zero-order chi connectivity index (χ0) is 26.8. The second kappa shape index (κ2) is 10.5. The molecule has 1 saturated heterocycles. The third-order valence-electron chi connectivity index (χ3n) is 6.77. The number of ether oxygens (including phenoxy) is 2. The summed E-state index contributed by atoms with van der Waals surface area (Å²) in [5.41, 5.74) is 3.64. The summed E-state index contributed by atoms with van der Waals surface area (Å²) < 4.78 is 27.6. The highest BCUT2D eigenvalue weighted by Crippen LogP contribution is 2.36. The number of fused-ring (bicyclic) bond motifs is 1. The number of aromatic nitrogens is 3. The van der Waals surface area contributed by atoms with Gasteiger partial charge in [0.15, 0.2) is 11.5 Å². The van der Waals surface area contributed by atoms with Crippen molar-refractivity contribution in [1.29, 1.82) is 0 Å². The first kappa shape index (κ1) is 25.3. The number of carbonyl (C=O) groups is 1. The Bertz CT molecular complexity index is 1550. The van der Waals surface area contributed by atoms with E-state index in [0.717, 1.165) is 34.7 Å². The van der Waals surface area contributed by atoms with Gasteiger partial charge in [-0.2, -0.15) is 4.39 Å². The van der Waals surface area contributed by atoms with Crippen LogP contribution in [-0.4, -0.2) is 45.4 Å². The minimum absolute atomic E-state index is 0.0809. The Hall–Kier alpha value is -4.38. The van der Waals surface area contributed by atoms with E-state index < -0.39 is 5.82 Å². The largest absolute Gasteiger partial charge is 0.494 e. The maximum atomic E-state index is 14.5. The molecule has 1 amide bonds. The lowest BCUT2D eigenvalue weighted by molar-refractivity contribution is -0.124. The standard InChI is InChI=1S/C30H29FN4O3/c1-5-7-27(36)34-15-14-21(18-34)30-33-29(24-17-32-16-23(19(2)3)35(24)30)20-10-12-22(13-11-20)38-26-9-6-8-25(37-4)28(26)31/h6,8-13,16-17,19,21H,14-15,18H2,1-4H3/t21-/m1/s1. The third kappa shape index (κ3) is 4.68. The number of hydrogen-bond donors (Lipinski definition) is 0. The van der Waals surface area contributed by atoms with Crippen LogP contribution in [0.4, 0.5) is 4.39 Å². The molecule has 0 unspecified atom stereocenters. The summed E-state index contributed by atoms with van der Waals surface area (Å²) in [7, 11) is 1.42. The maximum Gasteiger partial charge on any atom is 0.298 e. The first-order chi connectivity index (χ1) is 18.4. The van der Waals surface area contributed by atoms with Gasteiger partial charge in [-0.1, -0.05) is 25.8 Å². The number of imidazole rings is 1. The molecule has 4 aromatic rings. The Morgan fingerprint density at radius 1 is 1.13 bits per heavy atom. The average molecular weight is 513 g/mol. The molecule has 8 heteroatoms. The highest BCUT2D eigenvalue weighted by Gasteiger charge is 2.31. The summed E-state index contributed by atoms with van der Waals surface area (Å²) in [6, 6.07) is 12.2. The van der Waals surface area contributed by atoms with Gasteiger partial charge in [-0.15, -0.1) is 0 Å². The van der Waals surface area contributed by atoms with Crippen molar-refractivity contribution in [2.24, 2.45) is 0 Å². The molecule has 0 bridgehead atoms. The Balaban J connectivity index is 1.51. The second-order valence-electron chi connectivity index (χ2n) is 9.54. The predicted molar refractivity (Wildman–Crippen MR) is 143 cm³/mol. The number of amides is 1. The minimum atomic E-state index is -0.551. The number of hydrogen-bond acceptors (Lipinski definition) is 5. The number of halogens is 1. The molecule has 1 atom stereocenters. The van der Waals surface area contributed by atoms with Crippen LogP contribution in [0.2, 0.25) is 0 Å². The van der Waals surface area contributed by atoms with E-state index in [1.54, 1.807) is 42.2 Å². The molecule has 0 saturated carbocycles. The molecule has 3 heterocycles. The molecule has 1 aliphatic rings. The summed E-state index contributed by atoms with van der Waals surface area (Å²) in [6.45, 7) is 7.16. The van der Waals surface area contributed by atoms with Gasteiger partial charge >= 0.3 is 0 Å². The first-order valence-electron chi connectivity index (χ1n) is 12.6. The van der Waals surface area contributed by atoms with E-state index >= 15 is 0 Å². The molecule has 2 aromatic carbocycles. The number of nitrogens with zero attached hydrogens (tertiary/aromatic N) is 4. The topological polar surface area (TPSA) is 69.0 Å². The van der Waals surface area contributed by atoms with E-state index in [2.05, 4.69) is 35.1 Å². The van der Waals surface area contributed by atoms with Crippen LogP contribution in [-0.2, 0) is 4.79 Å². The molecule has 0 N–H and O–H groups in total. The van der Waals surface area contributed by atoms with Crippen LogP contribution < -0.4 is 9.47 Å². The van der Waals surface area contributed by atoms with Gasteiger partial charge in [-0.25, -0.2) is 4.98 Å². The number of methoxy groups -OCH3 is 1. The fourth-order valence-electron chi connectivity index (χ4n) is 4.85. The van der Waals surface area contributed by atoms with Crippen molar-refractivity contribution in [3.05, 3.63) is 72.2 Å². The van der Waals surface area contributed by atoms with Gasteiger partial charge in [-0.3, -0.25) is 14.2 Å². The molecule has 38 heavy (non-hydrogen) atoms. The molecule has 1 aliphatic heterocycles. The summed E-state index contributed by atoms with van der Waals surface area (Å²) >= 11 is 0. The van der Waals surface area contributed by atoms with Crippen molar-refractivity contribution in [1.82, 2.24) is 19.3 Å². The van der Waals surface area contributed by atoms with Crippen LogP contribution in [0.15, 0.2) is 54.9 Å². The molecule has 194 valence electrons. The number of benzene rings is 2. The number of rotatable bonds is 6. The molecular formula is C30H29FN4O3. The van der Waals surface area contributed by atoms with Crippen LogP contribution >= 0.6 is 0 Å². The lowest BCUT2D eigenvalue weighted by Gasteiger charge is -2.15. The monoisotopic (exact) mass is 512 g/mol. The van der Waals surface area contributed by atoms with Crippen LogP contribution in [0.1, 0.15) is 50.5 Å². The van der Waals surface area contributed by atoms with E-state index in [0.29, 0.717) is 18.8 Å². The lowest BCUT2D eigenvalue weighted by atomic mass is 10.1. The van der Waals surface area contributed by atoms with Gasteiger partial charge in [0.05, 0.1) is 24.5 Å². The zero-order valence-electron chi connectivity index (χ0n) is 21.9. The lowest BCUT2D eigenvalue weighted by Crippen LogP contribution is -2.27. The Labute approximate surface area is 221 Å². The van der Waals surface area contributed by atoms with Gasteiger partial charge in [-0.05, 0) is 61.6 Å². The van der Waals surface area contributed by atoms with Gasteiger partial charge < -0.3 is 14.4 Å². The first-order valence-corrected chi connectivity index (χ1v) is 12.6. The van der Waals surface area contributed by atoms with Crippen molar-refractivity contribution in [2.75, 3.05) is 20.2 Å². The van der Waals surface area contributed by atoms with Crippen molar-refractivity contribution in [3.8, 4) is 40.3 Å². The van der Waals surface area contributed by atoms with Gasteiger partial charge in [0.25, 0.3) is 5.91 Å². The number of likely N-dealkylation sites (tertiary alicyclic amines) is 1. The Morgan fingerprint density at radius 2 is 1.89 bits per heavy atom. The third-order valence-corrected chi connectivity index (χ3v) is 6.77. The molecule has 5 rings (SSSR count). The van der Waals surface area contributed by atoms with Crippen LogP contribution in [0.5, 0.6) is 17.2 Å². The molecule has 2 aromatic heterocycles. The Morgan fingerprint density at radius 3 is 2.61 bits per heavy atom. The minimum Gasteiger partial charge on any atom is -0.494 e. The van der Waals surface area contributed by atoms with Gasteiger partial charge in [0.2, 0.25) is 5.82 Å².